The van der Waals surface area contributed by atoms with E-state index < -0.39 is 0 Å². The van der Waals surface area contributed by atoms with Crippen LogP contribution in [0.4, 0.5) is 0 Å². The number of hydrogen-bond acceptors (Lipinski definition) is 3. The summed E-state index contributed by atoms with van der Waals surface area (Å²) in [6, 6.07) is 5.70. The van der Waals surface area contributed by atoms with Gasteiger partial charge in [-0.3, -0.25) is 4.79 Å². The Kier molecular flexibility index (Phi) is 2.82. The van der Waals surface area contributed by atoms with E-state index in [1.165, 1.54) is 11.3 Å². The molecule has 0 aliphatic heterocycles. The van der Waals surface area contributed by atoms with Gasteiger partial charge in [-0.25, -0.2) is 4.98 Å². The van der Waals surface area contributed by atoms with Gasteiger partial charge in [-0.1, -0.05) is 0 Å². The van der Waals surface area contributed by atoms with E-state index in [0.717, 1.165) is 16.6 Å². The lowest BCUT2D eigenvalue weighted by Gasteiger charge is -2.02. The van der Waals surface area contributed by atoms with Crippen LogP contribution in [-0.2, 0) is 6.54 Å². The molecule has 3 rings (SSSR count). The minimum absolute atomic E-state index is 0.0468. The molecule has 3 aromatic rings. The van der Waals surface area contributed by atoms with Crippen molar-refractivity contribution < 1.29 is 4.79 Å². The van der Waals surface area contributed by atoms with Gasteiger partial charge in [0.2, 0.25) is 0 Å². The predicted octanol–water partition coefficient (Wildman–Crippen LogP) is 2.55. The van der Waals surface area contributed by atoms with Crippen LogP contribution in [0.3, 0.4) is 0 Å². The quantitative estimate of drug-likeness (QED) is 0.757. The second-order valence-corrected chi connectivity index (χ2v) is 4.69. The minimum atomic E-state index is -0.0468. The van der Waals surface area contributed by atoms with E-state index in [-0.39, 0.29) is 5.91 Å². The Hall–Kier alpha value is -2.14. The molecule has 0 aliphatic rings. The van der Waals surface area contributed by atoms with Crippen molar-refractivity contribution in [1.29, 1.82) is 0 Å². The molecule has 0 atom stereocenters. The SMILES string of the molecule is O=C(NCc1c[nH]c2ncccc12)c1ccsc1. The minimum Gasteiger partial charge on any atom is -0.348 e. The number of nitrogens with zero attached hydrogens (tertiary/aromatic N) is 1. The maximum Gasteiger partial charge on any atom is 0.252 e. The molecule has 90 valence electrons. The highest BCUT2D eigenvalue weighted by Crippen LogP contribution is 2.15. The van der Waals surface area contributed by atoms with Gasteiger partial charge in [0.05, 0.1) is 0 Å². The van der Waals surface area contributed by atoms with E-state index in [2.05, 4.69) is 15.3 Å². The molecule has 3 heterocycles. The molecule has 0 aromatic carbocycles. The second kappa shape index (κ2) is 4.62. The molecule has 2 N–H and O–H groups in total. The van der Waals surface area contributed by atoms with Crippen LogP contribution in [0.5, 0.6) is 0 Å². The lowest BCUT2D eigenvalue weighted by molar-refractivity contribution is 0.0951. The number of carbonyl (C=O) groups is 1. The molecule has 0 unspecified atom stereocenters. The molecule has 1 amide bonds. The maximum absolute atomic E-state index is 11.8. The summed E-state index contributed by atoms with van der Waals surface area (Å²) < 4.78 is 0. The second-order valence-electron chi connectivity index (χ2n) is 3.91. The molecule has 0 radical (unpaired) electrons. The number of fused-ring (bicyclic) bond motifs is 1. The van der Waals surface area contributed by atoms with Crippen LogP contribution in [0.1, 0.15) is 15.9 Å². The molecule has 18 heavy (non-hydrogen) atoms. The van der Waals surface area contributed by atoms with Gasteiger partial charge in [0.1, 0.15) is 5.65 Å². The van der Waals surface area contributed by atoms with Gasteiger partial charge < -0.3 is 10.3 Å². The summed E-state index contributed by atoms with van der Waals surface area (Å²) in [5.41, 5.74) is 2.59. The molecule has 3 aromatic heterocycles. The zero-order valence-corrected chi connectivity index (χ0v) is 10.3. The third kappa shape index (κ3) is 2.00. The molecule has 0 bridgehead atoms. The van der Waals surface area contributed by atoms with Crippen LogP contribution in [-0.4, -0.2) is 15.9 Å². The zero-order valence-electron chi connectivity index (χ0n) is 9.51. The van der Waals surface area contributed by atoms with E-state index in [4.69, 9.17) is 0 Å². The fourth-order valence-electron chi connectivity index (χ4n) is 1.83. The van der Waals surface area contributed by atoms with Crippen LogP contribution in [0.25, 0.3) is 11.0 Å². The maximum atomic E-state index is 11.8. The Labute approximate surface area is 108 Å². The summed E-state index contributed by atoms with van der Waals surface area (Å²) in [5.74, 6) is -0.0468. The molecule has 0 saturated carbocycles. The normalized spacial score (nSPS) is 10.7. The number of H-pyrrole nitrogens is 1. The number of pyridine rings is 1. The zero-order chi connectivity index (χ0) is 12.4. The number of rotatable bonds is 3. The average Bonchev–Trinajstić information content (AvgIpc) is 3.06. The summed E-state index contributed by atoms with van der Waals surface area (Å²) in [4.78, 5) is 19.1. The van der Waals surface area contributed by atoms with Gasteiger partial charge in [0, 0.05) is 35.3 Å². The van der Waals surface area contributed by atoms with Crippen LogP contribution < -0.4 is 5.32 Å². The highest BCUT2D eigenvalue weighted by Gasteiger charge is 2.08. The number of nitrogens with one attached hydrogen (secondary N) is 2. The summed E-state index contributed by atoms with van der Waals surface area (Å²) in [7, 11) is 0. The Balaban J connectivity index is 1.76. The molecule has 0 spiro atoms. The number of thiophene rings is 1. The number of hydrogen-bond donors (Lipinski definition) is 2. The highest BCUT2D eigenvalue weighted by atomic mass is 32.1. The van der Waals surface area contributed by atoms with Crippen molar-refractivity contribution in [2.24, 2.45) is 0 Å². The van der Waals surface area contributed by atoms with Crippen molar-refractivity contribution in [2.75, 3.05) is 0 Å². The number of carbonyl (C=O) groups excluding carboxylic acids is 1. The van der Waals surface area contributed by atoms with Crippen molar-refractivity contribution >= 4 is 28.3 Å². The molecule has 0 aliphatic carbocycles. The number of aromatic nitrogens is 2. The van der Waals surface area contributed by atoms with Crippen LogP contribution in [0.15, 0.2) is 41.4 Å². The van der Waals surface area contributed by atoms with Crippen molar-refractivity contribution in [1.82, 2.24) is 15.3 Å². The first-order chi connectivity index (χ1) is 8.84. The first-order valence-corrected chi connectivity index (χ1v) is 6.50. The smallest absolute Gasteiger partial charge is 0.252 e. The van der Waals surface area contributed by atoms with Gasteiger partial charge in [-0.2, -0.15) is 11.3 Å². The lowest BCUT2D eigenvalue weighted by Crippen LogP contribution is -2.21. The van der Waals surface area contributed by atoms with Crippen molar-refractivity contribution in [3.63, 3.8) is 0 Å². The van der Waals surface area contributed by atoms with Gasteiger partial charge in [-0.15, -0.1) is 0 Å². The predicted molar refractivity (Wildman–Crippen MR) is 71.6 cm³/mol. The molecule has 4 nitrogen and oxygen atoms in total. The summed E-state index contributed by atoms with van der Waals surface area (Å²) in [6.07, 6.45) is 3.62. The highest BCUT2D eigenvalue weighted by molar-refractivity contribution is 7.08. The average molecular weight is 257 g/mol. The van der Waals surface area contributed by atoms with Gasteiger partial charge >= 0.3 is 0 Å². The fourth-order valence-corrected chi connectivity index (χ4v) is 2.47. The monoisotopic (exact) mass is 257 g/mol. The van der Waals surface area contributed by atoms with E-state index in [0.29, 0.717) is 12.1 Å². The third-order valence-electron chi connectivity index (χ3n) is 2.76. The lowest BCUT2D eigenvalue weighted by atomic mass is 10.2. The van der Waals surface area contributed by atoms with Crippen molar-refractivity contribution in [3.05, 3.63) is 52.5 Å². The van der Waals surface area contributed by atoms with Crippen LogP contribution >= 0.6 is 11.3 Å². The fraction of sp³-hybridized carbons (Fsp3) is 0.0769. The van der Waals surface area contributed by atoms with Crippen LogP contribution in [0.2, 0.25) is 0 Å². The summed E-state index contributed by atoms with van der Waals surface area (Å²) in [5, 5.41) is 7.68. The first kappa shape index (κ1) is 11.0. The summed E-state index contributed by atoms with van der Waals surface area (Å²) >= 11 is 1.52. The Morgan fingerprint density at radius 3 is 3.22 bits per heavy atom. The molecule has 5 heteroatoms. The summed E-state index contributed by atoms with van der Waals surface area (Å²) in [6.45, 7) is 0.500. The number of aromatic amines is 1. The van der Waals surface area contributed by atoms with Crippen LogP contribution in [0, 0.1) is 0 Å². The topological polar surface area (TPSA) is 57.8 Å². The first-order valence-electron chi connectivity index (χ1n) is 5.56. The van der Waals surface area contributed by atoms with E-state index in [9.17, 15) is 4.79 Å². The molecule has 0 saturated heterocycles. The Bertz CT molecular complexity index is 672. The number of amides is 1. The van der Waals surface area contributed by atoms with E-state index in [1.54, 1.807) is 6.20 Å². The van der Waals surface area contributed by atoms with Gasteiger partial charge in [-0.05, 0) is 29.1 Å². The molecule has 0 fully saturated rings. The standard InChI is InChI=1S/C13H11N3OS/c17-13(9-3-5-18-8-9)16-7-10-6-15-12-11(10)2-1-4-14-12/h1-6,8H,7H2,(H,14,15)(H,16,17). The van der Waals surface area contributed by atoms with Gasteiger partial charge in [0.25, 0.3) is 5.91 Å². The largest absolute Gasteiger partial charge is 0.348 e. The molecular weight excluding hydrogens is 246 g/mol. The van der Waals surface area contributed by atoms with Gasteiger partial charge in [0.15, 0.2) is 0 Å². The van der Waals surface area contributed by atoms with E-state index >= 15 is 0 Å². The van der Waals surface area contributed by atoms with Crippen molar-refractivity contribution in [3.8, 4) is 0 Å². The Morgan fingerprint density at radius 2 is 2.39 bits per heavy atom. The Morgan fingerprint density at radius 1 is 1.44 bits per heavy atom. The van der Waals surface area contributed by atoms with E-state index in [1.807, 2.05) is 35.2 Å². The molecular formula is C13H11N3OS. The van der Waals surface area contributed by atoms with Crippen molar-refractivity contribution in [2.45, 2.75) is 6.54 Å². The third-order valence-corrected chi connectivity index (χ3v) is 3.44.